The maximum absolute atomic E-state index is 13.8. The van der Waals surface area contributed by atoms with Crippen molar-refractivity contribution in [1.82, 2.24) is 10.4 Å². The van der Waals surface area contributed by atoms with Crippen LogP contribution in [0.5, 0.6) is 0 Å². The summed E-state index contributed by atoms with van der Waals surface area (Å²) in [6.45, 7) is 16.5. The van der Waals surface area contributed by atoms with Gasteiger partial charge in [0.2, 0.25) is 0 Å². The monoisotopic (exact) mass is 564 g/mol. The second kappa shape index (κ2) is 10.7. The van der Waals surface area contributed by atoms with E-state index in [1.54, 1.807) is 13.8 Å². The lowest BCUT2D eigenvalue weighted by atomic mass is 9.70. The number of hydrazine groups is 1. The Labute approximate surface area is 238 Å². The van der Waals surface area contributed by atoms with Crippen molar-refractivity contribution < 1.29 is 38.1 Å². The number of carbonyl (C=O) groups is 4. The van der Waals surface area contributed by atoms with Gasteiger partial charge in [0, 0.05) is 10.8 Å². The van der Waals surface area contributed by atoms with Crippen LogP contribution in [0.1, 0.15) is 100 Å². The number of fused-ring (bicyclic) bond motifs is 4. The molecule has 0 aromatic rings. The Bertz CT molecular complexity index is 1030. The average Bonchev–Trinajstić information content (AvgIpc) is 3.38. The first-order valence-electron chi connectivity index (χ1n) is 14.9. The molecule has 2 amide bonds. The highest BCUT2D eigenvalue weighted by atomic mass is 16.6. The van der Waals surface area contributed by atoms with Crippen LogP contribution in [-0.4, -0.2) is 60.6 Å². The molecule has 0 saturated heterocycles. The van der Waals surface area contributed by atoms with E-state index in [-0.39, 0.29) is 41.0 Å². The van der Waals surface area contributed by atoms with Crippen LogP contribution in [0.15, 0.2) is 0 Å². The molecule has 4 bridgehead atoms. The van der Waals surface area contributed by atoms with Crippen LogP contribution >= 0.6 is 0 Å². The summed E-state index contributed by atoms with van der Waals surface area (Å²) in [5.74, 6) is -0.706. The molecule has 4 rings (SSSR count). The molecule has 4 aliphatic rings. The van der Waals surface area contributed by atoms with Crippen LogP contribution in [0, 0.1) is 33.5 Å². The second-order valence-corrected chi connectivity index (χ2v) is 13.7. The van der Waals surface area contributed by atoms with E-state index in [9.17, 15) is 19.2 Å². The van der Waals surface area contributed by atoms with E-state index in [2.05, 4.69) is 47.0 Å². The van der Waals surface area contributed by atoms with E-state index in [0.717, 1.165) is 37.1 Å². The largest absolute Gasteiger partial charge is 0.466 e. The number of rotatable bonds is 8. The fraction of sp³-hybridized carbons (Fsp3) is 0.867. The lowest BCUT2D eigenvalue weighted by Crippen LogP contribution is -2.58. The normalized spacial score (nSPS) is 35.1. The van der Waals surface area contributed by atoms with Crippen LogP contribution in [0.3, 0.4) is 0 Å². The Morgan fingerprint density at radius 3 is 1.73 bits per heavy atom. The number of amides is 2. The Hall–Kier alpha value is -2.52. The first-order chi connectivity index (χ1) is 18.6. The van der Waals surface area contributed by atoms with Crippen LogP contribution in [0.4, 0.5) is 9.59 Å². The van der Waals surface area contributed by atoms with Crippen molar-refractivity contribution in [1.29, 1.82) is 0 Å². The standard InChI is InChI=1S/C30H48N2O8/c1-9-37-23(33)17-20(24(34)38-10-2)32(26(36)40-22-16-19-12-14-30(22,8)28(19,5)6)31-25(35)39-21-15-18-11-13-29(21,7)27(18,3)4/h18-22H,9-17H2,1-8H3,(H,31,35)/t18-,19-,20-,21-,22-,29+,30+/m1/s1. The Kier molecular flexibility index (Phi) is 8.15. The maximum atomic E-state index is 13.8. The zero-order chi connectivity index (χ0) is 29.7. The van der Waals surface area contributed by atoms with E-state index in [4.69, 9.17) is 18.9 Å². The molecule has 0 unspecified atom stereocenters. The topological polar surface area (TPSA) is 120 Å². The molecule has 10 nitrogen and oxygen atoms in total. The molecule has 4 saturated carbocycles. The molecule has 0 aromatic heterocycles. The van der Waals surface area contributed by atoms with E-state index < -0.39 is 42.7 Å². The van der Waals surface area contributed by atoms with Crippen molar-refractivity contribution in [2.45, 2.75) is 119 Å². The minimum Gasteiger partial charge on any atom is -0.466 e. The summed E-state index contributed by atoms with van der Waals surface area (Å²) < 4.78 is 22.2. The van der Waals surface area contributed by atoms with E-state index >= 15 is 0 Å². The highest BCUT2D eigenvalue weighted by molar-refractivity contribution is 5.87. The number of hydrogen-bond acceptors (Lipinski definition) is 8. The number of nitrogens with one attached hydrogen (secondary N) is 1. The summed E-state index contributed by atoms with van der Waals surface area (Å²) in [6, 6.07) is -1.48. The van der Waals surface area contributed by atoms with E-state index in [1.807, 2.05) is 0 Å². The predicted molar refractivity (Wildman–Crippen MR) is 146 cm³/mol. The van der Waals surface area contributed by atoms with Crippen molar-refractivity contribution in [3.63, 3.8) is 0 Å². The van der Waals surface area contributed by atoms with E-state index in [1.165, 1.54) is 0 Å². The van der Waals surface area contributed by atoms with Crippen LogP contribution in [-0.2, 0) is 28.5 Å². The van der Waals surface area contributed by atoms with Gasteiger partial charge in [-0.15, -0.1) is 0 Å². The number of ether oxygens (including phenoxy) is 4. The van der Waals surface area contributed by atoms with Gasteiger partial charge in [0.15, 0.2) is 6.04 Å². The summed E-state index contributed by atoms with van der Waals surface area (Å²) in [4.78, 5) is 52.6. The van der Waals surface area contributed by atoms with Gasteiger partial charge in [0.1, 0.15) is 12.2 Å². The third-order valence-electron chi connectivity index (χ3n) is 11.9. The molecule has 7 atom stereocenters. The number of hydrogen-bond donors (Lipinski definition) is 1. The molecule has 226 valence electrons. The van der Waals surface area contributed by atoms with Crippen molar-refractivity contribution in [2.24, 2.45) is 33.5 Å². The van der Waals surface area contributed by atoms with Gasteiger partial charge in [-0.1, -0.05) is 41.5 Å². The van der Waals surface area contributed by atoms with Crippen molar-refractivity contribution >= 4 is 24.1 Å². The smallest absolute Gasteiger partial charge is 0.429 e. The van der Waals surface area contributed by atoms with Crippen LogP contribution < -0.4 is 5.43 Å². The SMILES string of the molecule is CCOC(=O)C[C@H](C(=O)OCC)N(NC(=O)O[C@@H]1C[C@H]2CC[C@]1(C)C2(C)C)C(=O)O[C@@H]1C[C@H]2CC[C@]1(C)C2(C)C. The van der Waals surface area contributed by atoms with E-state index in [0.29, 0.717) is 18.3 Å². The summed E-state index contributed by atoms with van der Waals surface area (Å²) in [6.07, 6.45) is 2.42. The minimum atomic E-state index is -1.48. The van der Waals surface area contributed by atoms with Crippen molar-refractivity contribution in [2.75, 3.05) is 13.2 Å². The van der Waals surface area contributed by atoms with Gasteiger partial charge in [-0.3, -0.25) is 4.79 Å². The molecule has 0 heterocycles. The van der Waals surface area contributed by atoms with Gasteiger partial charge < -0.3 is 18.9 Å². The van der Waals surface area contributed by atoms with Crippen molar-refractivity contribution in [3.8, 4) is 0 Å². The minimum absolute atomic E-state index is 0.0119. The highest BCUT2D eigenvalue weighted by Crippen LogP contribution is 2.67. The molecule has 0 aliphatic heterocycles. The third-order valence-corrected chi connectivity index (χ3v) is 11.9. The molecule has 0 spiro atoms. The summed E-state index contributed by atoms with van der Waals surface area (Å²) in [7, 11) is 0. The number of esters is 2. The Balaban J connectivity index is 1.56. The first-order valence-corrected chi connectivity index (χ1v) is 14.9. The zero-order valence-corrected chi connectivity index (χ0v) is 25.5. The molecule has 1 N–H and O–H groups in total. The highest BCUT2D eigenvalue weighted by Gasteiger charge is 2.64. The number of carbonyl (C=O) groups excluding carboxylic acids is 4. The van der Waals surface area contributed by atoms with Crippen LogP contribution in [0.25, 0.3) is 0 Å². The molecule has 40 heavy (non-hydrogen) atoms. The fourth-order valence-electron chi connectivity index (χ4n) is 8.20. The van der Waals surface area contributed by atoms with Gasteiger partial charge in [0.25, 0.3) is 0 Å². The second-order valence-electron chi connectivity index (χ2n) is 13.7. The molecule has 10 heteroatoms. The predicted octanol–water partition coefficient (Wildman–Crippen LogP) is 5.38. The number of nitrogens with zero attached hydrogens (tertiary/aromatic N) is 1. The molecular formula is C30H48N2O8. The average molecular weight is 565 g/mol. The van der Waals surface area contributed by atoms with Gasteiger partial charge >= 0.3 is 24.1 Å². The zero-order valence-electron chi connectivity index (χ0n) is 25.5. The first kappa shape index (κ1) is 30.4. The lowest BCUT2D eigenvalue weighted by Gasteiger charge is -2.40. The molecule has 4 fully saturated rings. The summed E-state index contributed by atoms with van der Waals surface area (Å²) >= 11 is 0. The van der Waals surface area contributed by atoms with Crippen LogP contribution in [0.2, 0.25) is 0 Å². The maximum Gasteiger partial charge on any atom is 0.429 e. The summed E-state index contributed by atoms with van der Waals surface area (Å²) in [5, 5.41) is 0.778. The quantitative estimate of drug-likeness (QED) is 0.237. The molecular weight excluding hydrogens is 516 g/mol. The summed E-state index contributed by atoms with van der Waals surface area (Å²) in [5.41, 5.74) is 2.02. The molecule has 4 aliphatic carbocycles. The molecule has 0 aromatic carbocycles. The van der Waals surface area contributed by atoms with Gasteiger partial charge in [-0.2, -0.15) is 0 Å². The fourth-order valence-corrected chi connectivity index (χ4v) is 8.20. The van der Waals surface area contributed by atoms with Crippen molar-refractivity contribution in [3.05, 3.63) is 0 Å². The lowest BCUT2D eigenvalue weighted by molar-refractivity contribution is -0.157. The third kappa shape index (κ3) is 4.83. The molecule has 0 radical (unpaired) electrons. The Morgan fingerprint density at radius 1 is 0.800 bits per heavy atom. The van der Waals surface area contributed by atoms with Gasteiger partial charge in [0.05, 0.1) is 19.6 Å². The van der Waals surface area contributed by atoms with Gasteiger partial charge in [-0.25, -0.2) is 24.8 Å². The van der Waals surface area contributed by atoms with Gasteiger partial charge in [-0.05, 0) is 75.0 Å². The Morgan fingerprint density at radius 2 is 1.30 bits per heavy atom.